The van der Waals surface area contributed by atoms with Gasteiger partial charge in [0.15, 0.2) is 0 Å². The smallest absolute Gasteiger partial charge is 0.330 e. The van der Waals surface area contributed by atoms with Gasteiger partial charge in [-0.3, -0.25) is 0 Å². The molecule has 0 radical (unpaired) electrons. The summed E-state index contributed by atoms with van der Waals surface area (Å²) in [6.07, 6.45) is 26.1. The number of aliphatic carboxylic acids is 1. The van der Waals surface area contributed by atoms with Crippen LogP contribution in [0.3, 0.4) is 0 Å². The fourth-order valence-electron chi connectivity index (χ4n) is 2.97. The van der Waals surface area contributed by atoms with Crippen LogP contribution in [-0.4, -0.2) is 36.7 Å². The zero-order valence-corrected chi connectivity index (χ0v) is 24.1. The minimum Gasteiger partial charge on any atom is -0.478 e. The molecule has 0 atom stereocenters. The van der Waals surface area contributed by atoms with Crippen molar-refractivity contribution in [1.82, 2.24) is 0 Å². The van der Waals surface area contributed by atoms with E-state index < -0.39 is 11.9 Å². The number of nitriles is 1. The first-order valence-electron chi connectivity index (χ1n) is 13.7. The Labute approximate surface area is 232 Å². The summed E-state index contributed by atoms with van der Waals surface area (Å²) in [5.74, 6) is -1.68. The number of carboxylic acids is 1. The van der Waals surface area contributed by atoms with Crippen LogP contribution >= 0.6 is 0 Å². The summed E-state index contributed by atoms with van der Waals surface area (Å²) >= 11 is 0. The van der Waals surface area contributed by atoms with Crippen LogP contribution in [0.15, 0.2) is 50.6 Å². The summed E-state index contributed by atoms with van der Waals surface area (Å²) in [7, 11) is 1.31. The third-order valence-corrected chi connectivity index (χ3v) is 5.04. The van der Waals surface area contributed by atoms with Crippen LogP contribution in [0.25, 0.3) is 0 Å². The van der Waals surface area contributed by atoms with Crippen molar-refractivity contribution < 1.29 is 29.0 Å². The minimum absolute atomic E-state index is 0.300. The zero-order chi connectivity index (χ0) is 29.7. The number of allylic oxidation sites excluding steroid dienone is 1. The maximum Gasteiger partial charge on any atom is 0.330 e. The van der Waals surface area contributed by atoms with Crippen molar-refractivity contribution in [2.75, 3.05) is 13.7 Å². The van der Waals surface area contributed by atoms with Gasteiger partial charge in [-0.1, -0.05) is 130 Å². The predicted molar refractivity (Wildman–Crippen MR) is 157 cm³/mol. The monoisotopic (exact) mass is 535 g/mol. The summed E-state index contributed by atoms with van der Waals surface area (Å²) in [5.41, 5.74) is 0. The van der Waals surface area contributed by atoms with Crippen LogP contribution in [-0.2, 0) is 23.9 Å². The first kappa shape index (κ1) is 42.0. The Bertz CT molecular complexity index is 637. The molecule has 0 heterocycles. The molecule has 0 rings (SSSR count). The van der Waals surface area contributed by atoms with Gasteiger partial charge in [0, 0.05) is 24.3 Å². The Morgan fingerprint density at radius 1 is 0.684 bits per heavy atom. The van der Waals surface area contributed by atoms with Crippen molar-refractivity contribution in [3.05, 3.63) is 50.6 Å². The van der Waals surface area contributed by atoms with Gasteiger partial charge in [0.05, 0.1) is 19.8 Å². The molecule has 7 heteroatoms. The number of carbonyl (C=O) groups is 3. The average molecular weight is 536 g/mol. The molecule has 0 saturated heterocycles. The van der Waals surface area contributed by atoms with Crippen LogP contribution in [0.2, 0.25) is 0 Å². The fraction of sp³-hybridized carbons (Fsp3) is 0.613. The second-order valence-corrected chi connectivity index (χ2v) is 8.28. The summed E-state index contributed by atoms with van der Waals surface area (Å²) < 4.78 is 9.10. The van der Waals surface area contributed by atoms with Gasteiger partial charge in [-0.05, 0) is 6.42 Å². The van der Waals surface area contributed by atoms with Crippen molar-refractivity contribution in [2.45, 2.75) is 110 Å². The number of carbonyl (C=O) groups excluding carboxylic acids is 2. The highest BCUT2D eigenvalue weighted by Gasteiger charge is 1.96. The van der Waals surface area contributed by atoms with Gasteiger partial charge in [-0.15, -0.1) is 0 Å². The van der Waals surface area contributed by atoms with E-state index in [2.05, 4.69) is 38.0 Å². The van der Waals surface area contributed by atoms with Crippen molar-refractivity contribution in [3.8, 4) is 6.07 Å². The molecule has 38 heavy (non-hydrogen) atoms. The van der Waals surface area contributed by atoms with E-state index in [-0.39, 0.29) is 5.97 Å². The lowest BCUT2D eigenvalue weighted by Gasteiger charge is -2.04. The van der Waals surface area contributed by atoms with Gasteiger partial charge in [0.2, 0.25) is 0 Å². The molecule has 0 spiro atoms. The molecule has 0 aliphatic rings. The highest BCUT2D eigenvalue weighted by Crippen LogP contribution is 2.13. The van der Waals surface area contributed by atoms with Gasteiger partial charge in [0.1, 0.15) is 0 Å². The molecule has 0 saturated carbocycles. The first-order valence-corrected chi connectivity index (χ1v) is 13.7. The normalized spacial score (nSPS) is 8.76. The third kappa shape index (κ3) is 54.0. The van der Waals surface area contributed by atoms with Crippen molar-refractivity contribution in [3.63, 3.8) is 0 Å². The van der Waals surface area contributed by atoms with Gasteiger partial charge >= 0.3 is 17.9 Å². The van der Waals surface area contributed by atoms with Crippen molar-refractivity contribution in [2.24, 2.45) is 0 Å². The third-order valence-electron chi connectivity index (χ3n) is 5.04. The van der Waals surface area contributed by atoms with Crippen LogP contribution in [0.1, 0.15) is 110 Å². The molecule has 0 aromatic rings. The van der Waals surface area contributed by atoms with Crippen LogP contribution in [0.4, 0.5) is 0 Å². The van der Waals surface area contributed by atoms with Crippen molar-refractivity contribution >= 4 is 17.9 Å². The Morgan fingerprint density at radius 3 is 1.21 bits per heavy atom. The lowest BCUT2D eigenvalue weighted by atomic mass is 10.0. The highest BCUT2D eigenvalue weighted by molar-refractivity contribution is 5.81. The molecular weight excluding hydrogens is 482 g/mol. The number of methoxy groups -OCH3 is 1. The SMILES string of the molecule is C=CC#N.C=CC(=O)O.C=CC(=O)OC.C=CC(=O)OCCCCCCCCCCCCCCCCCC. The lowest BCUT2D eigenvalue weighted by molar-refractivity contribution is -0.138. The predicted octanol–water partition coefficient (Wildman–Crippen LogP) is 8.28. The van der Waals surface area contributed by atoms with Gasteiger partial charge < -0.3 is 14.6 Å². The highest BCUT2D eigenvalue weighted by atomic mass is 16.5. The average Bonchev–Trinajstić information content (AvgIpc) is 2.94. The fourth-order valence-corrected chi connectivity index (χ4v) is 2.97. The van der Waals surface area contributed by atoms with Gasteiger partial charge in [0.25, 0.3) is 0 Å². The molecule has 0 unspecified atom stereocenters. The molecule has 0 aromatic heterocycles. The number of ether oxygens (including phenoxy) is 2. The molecule has 218 valence electrons. The minimum atomic E-state index is -0.981. The number of carboxylic acid groups (broad SMARTS) is 1. The van der Waals surface area contributed by atoms with Crippen molar-refractivity contribution in [1.29, 1.82) is 5.26 Å². The molecule has 0 aliphatic heterocycles. The van der Waals surface area contributed by atoms with Crippen LogP contribution in [0, 0.1) is 11.3 Å². The Morgan fingerprint density at radius 2 is 1.00 bits per heavy atom. The number of rotatable bonds is 20. The molecule has 7 nitrogen and oxygen atoms in total. The van der Waals surface area contributed by atoms with E-state index >= 15 is 0 Å². The molecular formula is C31H53NO6. The van der Waals surface area contributed by atoms with Crippen LogP contribution in [0.5, 0.6) is 0 Å². The van der Waals surface area contributed by atoms with E-state index in [9.17, 15) is 14.4 Å². The number of nitrogens with zero attached hydrogens (tertiary/aromatic N) is 1. The quantitative estimate of drug-likeness (QED) is 0.0722. The summed E-state index contributed by atoms with van der Waals surface area (Å²) in [6.45, 7) is 15.4. The number of esters is 2. The largest absolute Gasteiger partial charge is 0.478 e. The number of unbranched alkanes of at least 4 members (excludes halogenated alkanes) is 15. The number of hydrogen-bond donors (Lipinski definition) is 1. The van der Waals surface area contributed by atoms with E-state index in [0.29, 0.717) is 6.61 Å². The molecule has 0 bridgehead atoms. The van der Waals surface area contributed by atoms with Gasteiger partial charge in [-0.2, -0.15) is 5.26 Å². The topological polar surface area (TPSA) is 114 Å². The summed E-state index contributed by atoms with van der Waals surface area (Å²) in [5, 5.41) is 15.1. The standard InChI is InChI=1S/C21H40O2.C4H6O2.C3H3N.C3H4O2/c1-3-5-6-7-8-9-10-11-12-13-14-15-16-17-18-19-20-23-21(22)4-2;1-3-4(5)6-2;1-2-3-4;1-2-3(4)5/h4H,2-3,5-20H2,1H3;3H,1H2,2H3;2H,1H2;2H,1H2,(H,4,5). The van der Waals surface area contributed by atoms with Crippen LogP contribution < -0.4 is 0 Å². The van der Waals surface area contributed by atoms with E-state index in [4.69, 9.17) is 15.1 Å². The number of hydrogen-bond acceptors (Lipinski definition) is 6. The summed E-state index contributed by atoms with van der Waals surface area (Å²) in [6, 6.07) is 1.69. The lowest BCUT2D eigenvalue weighted by Crippen LogP contribution is -2.01. The zero-order valence-electron chi connectivity index (χ0n) is 24.1. The second kappa shape index (κ2) is 41.0. The van der Waals surface area contributed by atoms with E-state index in [1.807, 2.05) is 0 Å². The Hall–Kier alpha value is -3.14. The molecule has 0 fully saturated rings. The Kier molecular flexibility index (Phi) is 45.3. The maximum absolute atomic E-state index is 10.8. The molecule has 0 aromatic carbocycles. The Balaban J connectivity index is -0.000000312. The maximum atomic E-state index is 10.8. The van der Waals surface area contributed by atoms with E-state index in [0.717, 1.165) is 18.6 Å². The van der Waals surface area contributed by atoms with E-state index in [1.54, 1.807) is 6.07 Å². The molecule has 0 amide bonds. The first-order chi connectivity index (χ1) is 18.3. The second-order valence-electron chi connectivity index (χ2n) is 8.28. The van der Waals surface area contributed by atoms with Gasteiger partial charge in [-0.25, -0.2) is 14.4 Å². The van der Waals surface area contributed by atoms with E-state index in [1.165, 1.54) is 116 Å². The molecule has 1 N–H and O–H groups in total. The summed E-state index contributed by atoms with van der Waals surface area (Å²) in [4.78, 5) is 29.9. The molecule has 0 aliphatic carbocycles.